The molecule has 2 aromatic carbocycles. The van der Waals surface area contributed by atoms with Crippen molar-refractivity contribution in [2.75, 3.05) is 36.4 Å². The quantitative estimate of drug-likeness (QED) is 0.726. The number of benzene rings is 2. The third-order valence-electron chi connectivity index (χ3n) is 6.03. The summed E-state index contributed by atoms with van der Waals surface area (Å²) < 4.78 is 5.53. The summed E-state index contributed by atoms with van der Waals surface area (Å²) in [6.07, 6.45) is -0.286. The lowest BCUT2D eigenvalue weighted by Crippen LogP contribution is -2.50. The maximum atomic E-state index is 13.2. The highest BCUT2D eigenvalue weighted by Crippen LogP contribution is 2.35. The SMILES string of the molecule is CC(C)[C@@H]1N=C(c2ccccc2)c2cccc(N3CCN(C(=O)OC(C)(C)C)CC3)c2NC1=O. The fraction of sp³-hybridized carbons (Fsp3) is 0.444. The molecule has 1 N–H and O–H groups in total. The molecule has 0 spiro atoms. The number of rotatable bonds is 3. The standard InChI is InChI=1S/C27H34N4O3/c1-18(2)22-25(32)29-24-20(23(28-22)19-10-7-6-8-11-19)12-9-13-21(24)30-14-16-31(17-15-30)26(33)34-27(3,4)5/h6-13,18,22H,14-17H2,1-5H3,(H,29,32)/t22-/m0/s1. The lowest BCUT2D eigenvalue weighted by molar-refractivity contribution is -0.118. The molecule has 0 aliphatic carbocycles. The molecule has 7 nitrogen and oxygen atoms in total. The van der Waals surface area contributed by atoms with E-state index in [1.807, 2.05) is 83.1 Å². The number of amides is 2. The minimum Gasteiger partial charge on any atom is -0.444 e. The Bertz CT molecular complexity index is 1080. The fourth-order valence-electron chi connectivity index (χ4n) is 4.33. The third-order valence-corrected chi connectivity index (χ3v) is 6.03. The first kappa shape index (κ1) is 23.8. The lowest BCUT2D eigenvalue weighted by Gasteiger charge is -2.37. The van der Waals surface area contributed by atoms with E-state index < -0.39 is 11.6 Å². The summed E-state index contributed by atoms with van der Waals surface area (Å²) in [5.41, 5.74) is 3.93. The van der Waals surface area contributed by atoms with Crippen molar-refractivity contribution in [1.29, 1.82) is 0 Å². The van der Waals surface area contributed by atoms with Crippen LogP contribution in [0.1, 0.15) is 45.7 Å². The van der Waals surface area contributed by atoms with E-state index in [9.17, 15) is 9.59 Å². The van der Waals surface area contributed by atoms with Crippen LogP contribution in [0.5, 0.6) is 0 Å². The Morgan fingerprint density at radius 3 is 2.32 bits per heavy atom. The van der Waals surface area contributed by atoms with Gasteiger partial charge in [-0.25, -0.2) is 4.79 Å². The van der Waals surface area contributed by atoms with Crippen molar-refractivity contribution in [2.24, 2.45) is 10.9 Å². The summed E-state index contributed by atoms with van der Waals surface area (Å²) in [4.78, 5) is 34.6. The van der Waals surface area contributed by atoms with E-state index in [2.05, 4.69) is 10.2 Å². The van der Waals surface area contributed by atoms with E-state index in [1.165, 1.54) is 0 Å². The number of para-hydroxylation sites is 1. The molecule has 2 heterocycles. The molecular weight excluding hydrogens is 428 g/mol. The molecule has 34 heavy (non-hydrogen) atoms. The number of carbonyl (C=O) groups is 2. The number of anilines is 2. The van der Waals surface area contributed by atoms with Crippen molar-refractivity contribution in [3.8, 4) is 0 Å². The number of hydrogen-bond acceptors (Lipinski definition) is 5. The van der Waals surface area contributed by atoms with Gasteiger partial charge in [0.15, 0.2) is 0 Å². The predicted molar refractivity (Wildman–Crippen MR) is 136 cm³/mol. The Morgan fingerprint density at radius 2 is 1.71 bits per heavy atom. The van der Waals surface area contributed by atoms with Crippen molar-refractivity contribution in [2.45, 2.75) is 46.3 Å². The van der Waals surface area contributed by atoms with Gasteiger partial charge < -0.3 is 19.9 Å². The average molecular weight is 463 g/mol. The van der Waals surface area contributed by atoms with Gasteiger partial charge in [-0.2, -0.15) is 0 Å². The van der Waals surface area contributed by atoms with E-state index in [0.717, 1.165) is 28.2 Å². The number of nitrogens with zero attached hydrogens (tertiary/aromatic N) is 3. The first-order valence-corrected chi connectivity index (χ1v) is 11.9. The Balaban J connectivity index is 1.65. The molecule has 0 unspecified atom stereocenters. The highest BCUT2D eigenvalue weighted by atomic mass is 16.6. The molecule has 4 rings (SSSR count). The van der Waals surface area contributed by atoms with Crippen LogP contribution in [0.3, 0.4) is 0 Å². The van der Waals surface area contributed by atoms with Gasteiger partial charge >= 0.3 is 6.09 Å². The first-order chi connectivity index (χ1) is 16.1. The molecule has 2 aliphatic heterocycles. The van der Waals surface area contributed by atoms with Gasteiger partial charge in [-0.1, -0.05) is 56.3 Å². The molecule has 7 heteroatoms. The van der Waals surface area contributed by atoms with E-state index in [1.54, 1.807) is 4.90 Å². The predicted octanol–water partition coefficient (Wildman–Crippen LogP) is 4.56. The largest absolute Gasteiger partial charge is 0.444 e. The normalized spacial score (nSPS) is 18.7. The van der Waals surface area contributed by atoms with Gasteiger partial charge in [0.1, 0.15) is 11.6 Å². The van der Waals surface area contributed by atoms with Crippen LogP contribution in [-0.2, 0) is 9.53 Å². The molecule has 1 fully saturated rings. The number of hydrogen-bond donors (Lipinski definition) is 1. The van der Waals surface area contributed by atoms with Crippen molar-refractivity contribution >= 4 is 29.1 Å². The zero-order valence-electron chi connectivity index (χ0n) is 20.7. The summed E-state index contributed by atoms with van der Waals surface area (Å²) in [5, 5.41) is 3.18. The lowest BCUT2D eigenvalue weighted by atomic mass is 9.99. The summed E-state index contributed by atoms with van der Waals surface area (Å²) in [6, 6.07) is 15.6. The molecule has 1 atom stereocenters. The fourth-order valence-corrected chi connectivity index (χ4v) is 4.33. The van der Waals surface area contributed by atoms with E-state index >= 15 is 0 Å². The monoisotopic (exact) mass is 462 g/mol. The minimum atomic E-state index is -0.518. The average Bonchev–Trinajstić information content (AvgIpc) is 2.94. The van der Waals surface area contributed by atoms with Gasteiger partial charge in [0.25, 0.3) is 0 Å². The van der Waals surface area contributed by atoms with Crippen molar-refractivity contribution in [3.05, 3.63) is 59.7 Å². The first-order valence-electron chi connectivity index (χ1n) is 11.9. The Labute approximate surface area is 201 Å². The summed E-state index contributed by atoms with van der Waals surface area (Å²) in [7, 11) is 0. The molecular formula is C27H34N4O3. The van der Waals surface area contributed by atoms with E-state index in [-0.39, 0.29) is 17.9 Å². The molecule has 0 aromatic heterocycles. The molecule has 2 amide bonds. The second kappa shape index (κ2) is 9.49. The van der Waals surface area contributed by atoms with Gasteiger partial charge in [0.2, 0.25) is 5.91 Å². The van der Waals surface area contributed by atoms with Gasteiger partial charge in [-0.05, 0) is 32.8 Å². The number of piperazine rings is 1. The van der Waals surface area contributed by atoms with Crippen LogP contribution in [0.25, 0.3) is 0 Å². The molecule has 180 valence electrons. The Hall–Kier alpha value is -3.35. The van der Waals surface area contributed by atoms with Crippen molar-refractivity contribution in [3.63, 3.8) is 0 Å². The van der Waals surface area contributed by atoms with Crippen molar-refractivity contribution < 1.29 is 14.3 Å². The summed E-state index contributed by atoms with van der Waals surface area (Å²) in [6.45, 7) is 12.1. The molecule has 1 saturated heterocycles. The number of fused-ring (bicyclic) bond motifs is 1. The second-order valence-electron chi connectivity index (χ2n) is 10.2. The van der Waals surface area contributed by atoms with Crippen LogP contribution in [0, 0.1) is 5.92 Å². The van der Waals surface area contributed by atoms with Gasteiger partial charge in [0, 0.05) is 37.3 Å². The molecule has 0 bridgehead atoms. The molecule has 2 aliphatic rings. The Kier molecular flexibility index (Phi) is 6.64. The van der Waals surface area contributed by atoms with Crippen LogP contribution in [0.4, 0.5) is 16.2 Å². The zero-order chi connectivity index (χ0) is 24.5. The third kappa shape index (κ3) is 5.08. The smallest absolute Gasteiger partial charge is 0.410 e. The molecule has 0 saturated carbocycles. The van der Waals surface area contributed by atoms with Crippen LogP contribution in [0.15, 0.2) is 53.5 Å². The van der Waals surface area contributed by atoms with E-state index in [4.69, 9.17) is 9.73 Å². The van der Waals surface area contributed by atoms with Gasteiger partial charge in [-0.15, -0.1) is 0 Å². The highest BCUT2D eigenvalue weighted by Gasteiger charge is 2.32. The maximum absolute atomic E-state index is 13.2. The zero-order valence-corrected chi connectivity index (χ0v) is 20.7. The summed E-state index contributed by atoms with van der Waals surface area (Å²) >= 11 is 0. The van der Waals surface area contributed by atoms with E-state index in [0.29, 0.717) is 26.2 Å². The van der Waals surface area contributed by atoms with Crippen LogP contribution >= 0.6 is 0 Å². The maximum Gasteiger partial charge on any atom is 0.410 e. The number of ether oxygens (including phenoxy) is 1. The van der Waals surface area contributed by atoms with Crippen LogP contribution < -0.4 is 10.2 Å². The molecule has 0 radical (unpaired) electrons. The van der Waals surface area contributed by atoms with Crippen LogP contribution in [-0.4, -0.2) is 60.4 Å². The van der Waals surface area contributed by atoms with Crippen molar-refractivity contribution in [1.82, 2.24) is 4.90 Å². The highest BCUT2D eigenvalue weighted by molar-refractivity contribution is 6.21. The second-order valence-corrected chi connectivity index (χ2v) is 10.2. The number of aliphatic imine (C=N–C) groups is 1. The number of carbonyl (C=O) groups excluding carboxylic acids is 2. The Morgan fingerprint density at radius 1 is 1.03 bits per heavy atom. The number of nitrogens with one attached hydrogen (secondary N) is 1. The minimum absolute atomic E-state index is 0.0637. The topological polar surface area (TPSA) is 74.2 Å². The summed E-state index contributed by atoms with van der Waals surface area (Å²) in [5.74, 6) is -0.0316. The van der Waals surface area contributed by atoms with Gasteiger partial charge in [0.05, 0.1) is 17.1 Å². The molecule has 2 aromatic rings. The number of benzodiazepines with no additional fused rings is 1. The van der Waals surface area contributed by atoms with Gasteiger partial charge in [-0.3, -0.25) is 9.79 Å². The van der Waals surface area contributed by atoms with Crippen LogP contribution in [0.2, 0.25) is 0 Å².